The van der Waals surface area contributed by atoms with E-state index in [1.807, 2.05) is 18.2 Å². The number of aromatic nitrogens is 2. The lowest BCUT2D eigenvalue weighted by molar-refractivity contribution is 0.0793. The molecular formula is C19H25N3O2. The standard InChI is InChI=1S/C19H25N3O2/c1-2-5-15-12-18(24)21-19(20-15)17-7-4-3-6-14(17)13-22-10-8-16(23)9-11-22/h3-4,6-7,12,16,23H,2,5,8-11,13H2,1H3,(H,20,21,24). The second kappa shape index (κ2) is 7.73. The molecule has 5 heteroatoms. The molecule has 1 aromatic heterocycles. The molecule has 0 radical (unpaired) electrons. The van der Waals surface area contributed by atoms with Crippen molar-refractivity contribution in [1.29, 1.82) is 0 Å². The van der Waals surface area contributed by atoms with E-state index in [9.17, 15) is 9.90 Å². The summed E-state index contributed by atoms with van der Waals surface area (Å²) in [6.07, 6.45) is 3.25. The number of aliphatic hydroxyl groups is 1. The maximum atomic E-state index is 12.0. The third-order valence-corrected chi connectivity index (χ3v) is 4.52. The van der Waals surface area contributed by atoms with E-state index in [1.54, 1.807) is 6.07 Å². The van der Waals surface area contributed by atoms with Crippen LogP contribution in [0, 0.1) is 0 Å². The van der Waals surface area contributed by atoms with Crippen LogP contribution in [0.1, 0.15) is 37.4 Å². The Morgan fingerprint density at radius 1 is 1.29 bits per heavy atom. The number of H-pyrrole nitrogens is 1. The zero-order valence-corrected chi connectivity index (χ0v) is 14.2. The largest absolute Gasteiger partial charge is 0.393 e. The summed E-state index contributed by atoms with van der Waals surface area (Å²) in [6.45, 7) is 4.69. The summed E-state index contributed by atoms with van der Waals surface area (Å²) in [4.78, 5) is 21.8. The highest BCUT2D eigenvalue weighted by atomic mass is 16.3. The monoisotopic (exact) mass is 327 g/mol. The number of aliphatic hydroxyl groups excluding tert-OH is 1. The Balaban J connectivity index is 1.88. The molecule has 0 bridgehead atoms. The van der Waals surface area contributed by atoms with Gasteiger partial charge >= 0.3 is 0 Å². The third kappa shape index (κ3) is 4.10. The first-order chi connectivity index (χ1) is 11.7. The molecule has 5 nitrogen and oxygen atoms in total. The summed E-state index contributed by atoms with van der Waals surface area (Å²) in [5.74, 6) is 0.651. The lowest BCUT2D eigenvalue weighted by Gasteiger charge is -2.30. The number of benzene rings is 1. The molecule has 0 unspecified atom stereocenters. The van der Waals surface area contributed by atoms with E-state index < -0.39 is 0 Å². The quantitative estimate of drug-likeness (QED) is 0.884. The van der Waals surface area contributed by atoms with E-state index in [-0.39, 0.29) is 11.7 Å². The van der Waals surface area contributed by atoms with E-state index in [4.69, 9.17) is 0 Å². The van der Waals surface area contributed by atoms with E-state index in [2.05, 4.69) is 27.9 Å². The molecule has 0 saturated carbocycles. The van der Waals surface area contributed by atoms with Gasteiger partial charge in [0.1, 0.15) is 5.82 Å². The van der Waals surface area contributed by atoms with Crippen LogP contribution in [-0.2, 0) is 13.0 Å². The SMILES string of the molecule is CCCc1cc(=O)[nH]c(-c2ccccc2CN2CCC(O)CC2)n1. The van der Waals surface area contributed by atoms with E-state index >= 15 is 0 Å². The number of aryl methyl sites for hydroxylation is 1. The van der Waals surface area contributed by atoms with Gasteiger partial charge in [-0.3, -0.25) is 9.69 Å². The van der Waals surface area contributed by atoms with Gasteiger partial charge < -0.3 is 10.1 Å². The van der Waals surface area contributed by atoms with Gasteiger partial charge in [0.15, 0.2) is 0 Å². The van der Waals surface area contributed by atoms with Gasteiger partial charge in [0.2, 0.25) is 0 Å². The molecule has 1 aromatic carbocycles. The van der Waals surface area contributed by atoms with Crippen molar-refractivity contribution in [2.45, 2.75) is 45.3 Å². The number of piperidine rings is 1. The summed E-state index contributed by atoms with van der Waals surface area (Å²) in [5, 5.41) is 9.66. The van der Waals surface area contributed by atoms with Crippen LogP contribution in [0.5, 0.6) is 0 Å². The third-order valence-electron chi connectivity index (χ3n) is 4.52. The second-order valence-corrected chi connectivity index (χ2v) is 6.50. The fraction of sp³-hybridized carbons (Fsp3) is 0.474. The first kappa shape index (κ1) is 16.9. The molecule has 1 aliphatic rings. The molecule has 1 aliphatic heterocycles. The Hall–Kier alpha value is -1.98. The molecule has 0 atom stereocenters. The number of hydrogen-bond donors (Lipinski definition) is 2. The van der Waals surface area contributed by atoms with Crippen molar-refractivity contribution in [1.82, 2.24) is 14.9 Å². The smallest absolute Gasteiger partial charge is 0.251 e. The molecule has 1 fully saturated rings. The van der Waals surface area contributed by atoms with Gasteiger partial charge in [-0.1, -0.05) is 37.6 Å². The minimum absolute atomic E-state index is 0.0978. The van der Waals surface area contributed by atoms with E-state index in [0.717, 1.165) is 62.1 Å². The fourth-order valence-corrected chi connectivity index (χ4v) is 3.23. The average Bonchev–Trinajstić information content (AvgIpc) is 2.57. The van der Waals surface area contributed by atoms with Crippen molar-refractivity contribution in [3.8, 4) is 11.4 Å². The Morgan fingerprint density at radius 2 is 2.04 bits per heavy atom. The lowest BCUT2D eigenvalue weighted by atomic mass is 10.0. The van der Waals surface area contributed by atoms with E-state index in [1.165, 1.54) is 0 Å². The molecular weight excluding hydrogens is 302 g/mol. The first-order valence-corrected chi connectivity index (χ1v) is 8.74. The van der Waals surface area contributed by atoms with Gasteiger partial charge in [0, 0.05) is 37.0 Å². The number of hydrogen-bond acceptors (Lipinski definition) is 4. The van der Waals surface area contributed by atoms with Crippen LogP contribution < -0.4 is 5.56 Å². The number of aromatic amines is 1. The van der Waals surface area contributed by atoms with Crippen molar-refractivity contribution in [2.24, 2.45) is 0 Å². The van der Waals surface area contributed by atoms with Crippen molar-refractivity contribution < 1.29 is 5.11 Å². The zero-order chi connectivity index (χ0) is 16.9. The minimum atomic E-state index is -0.166. The maximum Gasteiger partial charge on any atom is 0.251 e. The van der Waals surface area contributed by atoms with Crippen LogP contribution in [0.15, 0.2) is 35.1 Å². The van der Waals surface area contributed by atoms with Crippen LogP contribution in [0.25, 0.3) is 11.4 Å². The molecule has 128 valence electrons. The van der Waals surface area contributed by atoms with Gasteiger partial charge in [0.25, 0.3) is 5.56 Å². The number of nitrogens with one attached hydrogen (secondary N) is 1. The van der Waals surface area contributed by atoms with Crippen molar-refractivity contribution >= 4 is 0 Å². The van der Waals surface area contributed by atoms with Crippen molar-refractivity contribution in [3.63, 3.8) is 0 Å². The number of likely N-dealkylation sites (tertiary alicyclic amines) is 1. The summed E-state index contributed by atoms with van der Waals surface area (Å²) in [6, 6.07) is 9.69. The van der Waals surface area contributed by atoms with Crippen LogP contribution in [0.4, 0.5) is 0 Å². The molecule has 2 aromatic rings. The van der Waals surface area contributed by atoms with E-state index in [0.29, 0.717) is 5.82 Å². The highest BCUT2D eigenvalue weighted by Crippen LogP contribution is 2.23. The van der Waals surface area contributed by atoms with Crippen molar-refractivity contribution in [2.75, 3.05) is 13.1 Å². The van der Waals surface area contributed by atoms with Gasteiger partial charge in [-0.15, -0.1) is 0 Å². The molecule has 3 rings (SSSR count). The first-order valence-electron chi connectivity index (χ1n) is 8.74. The van der Waals surface area contributed by atoms with Gasteiger partial charge in [-0.25, -0.2) is 4.98 Å². The van der Waals surface area contributed by atoms with Crippen LogP contribution in [-0.4, -0.2) is 39.2 Å². The second-order valence-electron chi connectivity index (χ2n) is 6.50. The lowest BCUT2D eigenvalue weighted by Crippen LogP contribution is -2.35. The topological polar surface area (TPSA) is 69.2 Å². The minimum Gasteiger partial charge on any atom is -0.393 e. The number of nitrogens with zero attached hydrogens (tertiary/aromatic N) is 2. The zero-order valence-electron chi connectivity index (χ0n) is 14.2. The van der Waals surface area contributed by atoms with Crippen molar-refractivity contribution in [3.05, 3.63) is 51.9 Å². The highest BCUT2D eigenvalue weighted by Gasteiger charge is 2.18. The Bertz CT molecular complexity index is 733. The molecule has 0 spiro atoms. The van der Waals surface area contributed by atoms with Crippen LogP contribution in [0.3, 0.4) is 0 Å². The Kier molecular flexibility index (Phi) is 5.43. The predicted molar refractivity (Wildman–Crippen MR) is 94.8 cm³/mol. The summed E-state index contributed by atoms with van der Waals surface area (Å²) in [7, 11) is 0. The Labute approximate surface area is 142 Å². The maximum absolute atomic E-state index is 12.0. The normalized spacial score (nSPS) is 16.4. The van der Waals surface area contributed by atoms with Crippen LogP contribution >= 0.6 is 0 Å². The molecule has 1 saturated heterocycles. The van der Waals surface area contributed by atoms with Gasteiger partial charge in [-0.05, 0) is 24.8 Å². The number of rotatable bonds is 5. The van der Waals surface area contributed by atoms with Gasteiger partial charge in [0.05, 0.1) is 6.10 Å². The highest BCUT2D eigenvalue weighted by molar-refractivity contribution is 5.60. The summed E-state index contributed by atoms with van der Waals surface area (Å²) < 4.78 is 0. The molecule has 24 heavy (non-hydrogen) atoms. The molecule has 2 N–H and O–H groups in total. The average molecular weight is 327 g/mol. The molecule has 0 amide bonds. The van der Waals surface area contributed by atoms with Gasteiger partial charge in [-0.2, -0.15) is 0 Å². The molecule has 0 aliphatic carbocycles. The summed E-state index contributed by atoms with van der Waals surface area (Å²) in [5.41, 5.74) is 2.89. The summed E-state index contributed by atoms with van der Waals surface area (Å²) >= 11 is 0. The fourth-order valence-electron chi connectivity index (χ4n) is 3.23. The predicted octanol–water partition coefficient (Wildman–Crippen LogP) is 2.35. The van der Waals surface area contributed by atoms with Crippen LogP contribution in [0.2, 0.25) is 0 Å². The molecule has 2 heterocycles. The Morgan fingerprint density at radius 3 is 2.79 bits per heavy atom.